The molecule has 4 nitrogen and oxygen atoms in total. The van der Waals surface area contributed by atoms with Gasteiger partial charge in [0.15, 0.2) is 0 Å². The molecule has 0 unspecified atom stereocenters. The van der Waals surface area contributed by atoms with E-state index in [0.29, 0.717) is 5.95 Å². The van der Waals surface area contributed by atoms with Gasteiger partial charge in [0, 0.05) is 24.7 Å². The minimum absolute atomic E-state index is 0.616. The highest BCUT2D eigenvalue weighted by molar-refractivity contribution is 5.80. The van der Waals surface area contributed by atoms with Crippen molar-refractivity contribution in [2.45, 2.75) is 0 Å². The van der Waals surface area contributed by atoms with Gasteiger partial charge in [0.25, 0.3) is 0 Å². The van der Waals surface area contributed by atoms with E-state index >= 15 is 0 Å². The van der Waals surface area contributed by atoms with Gasteiger partial charge in [-0.3, -0.25) is 0 Å². The number of fused-ring (bicyclic) bond motifs is 1. The maximum absolute atomic E-state index is 5.11. The molecule has 1 heterocycles. The summed E-state index contributed by atoms with van der Waals surface area (Å²) in [6.07, 6.45) is 1.79. The highest BCUT2D eigenvalue weighted by Gasteiger charge is 1.99. The summed E-state index contributed by atoms with van der Waals surface area (Å²) < 4.78 is 5.11. The molecule has 2 rings (SSSR count). The average molecular weight is 189 g/mol. The van der Waals surface area contributed by atoms with Crippen molar-refractivity contribution in [3.05, 3.63) is 24.4 Å². The molecule has 1 aromatic carbocycles. The zero-order valence-electron chi connectivity index (χ0n) is 8.11. The highest BCUT2D eigenvalue weighted by atomic mass is 16.5. The summed E-state index contributed by atoms with van der Waals surface area (Å²) in [6, 6.07) is 5.72. The van der Waals surface area contributed by atoms with Crippen molar-refractivity contribution in [1.29, 1.82) is 0 Å². The predicted molar refractivity (Wildman–Crippen MR) is 55.6 cm³/mol. The van der Waals surface area contributed by atoms with Crippen LogP contribution in [0.1, 0.15) is 0 Å². The Morgan fingerprint density at radius 3 is 2.93 bits per heavy atom. The van der Waals surface area contributed by atoms with Gasteiger partial charge in [0.1, 0.15) is 5.75 Å². The van der Waals surface area contributed by atoms with E-state index in [1.54, 1.807) is 20.4 Å². The van der Waals surface area contributed by atoms with E-state index in [1.807, 2.05) is 18.2 Å². The van der Waals surface area contributed by atoms with Crippen LogP contribution in [0, 0.1) is 0 Å². The van der Waals surface area contributed by atoms with E-state index in [2.05, 4.69) is 15.3 Å². The predicted octanol–water partition coefficient (Wildman–Crippen LogP) is 1.68. The molecule has 0 fully saturated rings. The van der Waals surface area contributed by atoms with Crippen molar-refractivity contribution in [2.75, 3.05) is 19.5 Å². The third-order valence-electron chi connectivity index (χ3n) is 2.01. The van der Waals surface area contributed by atoms with Crippen LogP contribution in [-0.4, -0.2) is 24.1 Å². The summed E-state index contributed by atoms with van der Waals surface area (Å²) in [6.45, 7) is 0. The topological polar surface area (TPSA) is 47.0 Å². The van der Waals surface area contributed by atoms with Crippen LogP contribution in [0.25, 0.3) is 10.9 Å². The molecule has 14 heavy (non-hydrogen) atoms. The van der Waals surface area contributed by atoms with Gasteiger partial charge in [0.2, 0.25) is 5.95 Å². The van der Waals surface area contributed by atoms with Crippen LogP contribution in [0.4, 0.5) is 5.95 Å². The maximum atomic E-state index is 5.11. The van der Waals surface area contributed by atoms with Crippen molar-refractivity contribution >= 4 is 16.9 Å². The first-order chi connectivity index (χ1) is 6.83. The smallest absolute Gasteiger partial charge is 0.222 e. The first-order valence-corrected chi connectivity index (χ1v) is 4.32. The van der Waals surface area contributed by atoms with Crippen molar-refractivity contribution in [3.63, 3.8) is 0 Å². The van der Waals surface area contributed by atoms with Crippen LogP contribution in [-0.2, 0) is 0 Å². The quantitative estimate of drug-likeness (QED) is 0.780. The largest absolute Gasteiger partial charge is 0.497 e. The van der Waals surface area contributed by atoms with E-state index in [0.717, 1.165) is 16.7 Å². The molecule has 0 radical (unpaired) electrons. The summed E-state index contributed by atoms with van der Waals surface area (Å²) in [4.78, 5) is 8.42. The minimum atomic E-state index is 0.616. The summed E-state index contributed by atoms with van der Waals surface area (Å²) in [5.74, 6) is 1.42. The highest BCUT2D eigenvalue weighted by Crippen LogP contribution is 2.18. The number of nitrogens with zero attached hydrogens (tertiary/aromatic N) is 2. The monoisotopic (exact) mass is 189 g/mol. The lowest BCUT2D eigenvalue weighted by atomic mass is 10.2. The number of hydrogen-bond donors (Lipinski definition) is 1. The molecular formula is C10H11N3O. The normalized spacial score (nSPS) is 10.1. The van der Waals surface area contributed by atoms with E-state index in [-0.39, 0.29) is 0 Å². The lowest BCUT2D eigenvalue weighted by Crippen LogP contribution is -1.95. The molecule has 0 saturated heterocycles. The molecule has 1 N–H and O–H groups in total. The third kappa shape index (κ3) is 1.46. The molecule has 4 heteroatoms. The van der Waals surface area contributed by atoms with Crippen LogP contribution in [0.5, 0.6) is 5.75 Å². The Morgan fingerprint density at radius 1 is 1.36 bits per heavy atom. The summed E-state index contributed by atoms with van der Waals surface area (Å²) in [5.41, 5.74) is 0.878. The second kappa shape index (κ2) is 3.49. The van der Waals surface area contributed by atoms with Crippen LogP contribution in [0.15, 0.2) is 24.4 Å². The number of methoxy groups -OCH3 is 1. The molecule has 72 valence electrons. The average Bonchev–Trinajstić information content (AvgIpc) is 2.27. The van der Waals surface area contributed by atoms with Gasteiger partial charge in [-0.2, -0.15) is 0 Å². The van der Waals surface area contributed by atoms with E-state index in [1.165, 1.54) is 0 Å². The molecule has 0 aliphatic heterocycles. The van der Waals surface area contributed by atoms with Gasteiger partial charge in [-0.05, 0) is 12.1 Å². The molecule has 1 aromatic heterocycles. The van der Waals surface area contributed by atoms with Crippen LogP contribution >= 0.6 is 0 Å². The number of nitrogens with one attached hydrogen (secondary N) is 1. The zero-order valence-corrected chi connectivity index (χ0v) is 8.11. The fourth-order valence-corrected chi connectivity index (χ4v) is 1.25. The van der Waals surface area contributed by atoms with Crippen LogP contribution in [0.3, 0.4) is 0 Å². The van der Waals surface area contributed by atoms with Gasteiger partial charge >= 0.3 is 0 Å². The van der Waals surface area contributed by atoms with Crippen molar-refractivity contribution in [1.82, 2.24) is 9.97 Å². The molecule has 0 saturated carbocycles. The first kappa shape index (κ1) is 8.74. The molecule has 0 bridgehead atoms. The number of anilines is 1. The molecule has 0 spiro atoms. The van der Waals surface area contributed by atoms with Gasteiger partial charge in [-0.25, -0.2) is 9.97 Å². The number of aromatic nitrogens is 2. The van der Waals surface area contributed by atoms with E-state index in [4.69, 9.17) is 4.74 Å². The van der Waals surface area contributed by atoms with Gasteiger partial charge < -0.3 is 10.1 Å². The molecular weight excluding hydrogens is 178 g/mol. The first-order valence-electron chi connectivity index (χ1n) is 4.32. The summed E-state index contributed by atoms with van der Waals surface area (Å²) in [7, 11) is 3.43. The van der Waals surface area contributed by atoms with Crippen LogP contribution < -0.4 is 10.1 Å². The number of hydrogen-bond acceptors (Lipinski definition) is 4. The van der Waals surface area contributed by atoms with Crippen molar-refractivity contribution in [2.24, 2.45) is 0 Å². The van der Waals surface area contributed by atoms with E-state index < -0.39 is 0 Å². The summed E-state index contributed by atoms with van der Waals surface area (Å²) in [5, 5.41) is 3.90. The Labute approximate surface area is 81.9 Å². The van der Waals surface area contributed by atoms with Crippen LogP contribution in [0.2, 0.25) is 0 Å². The van der Waals surface area contributed by atoms with Gasteiger partial charge in [-0.15, -0.1) is 0 Å². The Bertz CT molecular complexity index is 417. The Morgan fingerprint density at radius 2 is 2.21 bits per heavy atom. The molecule has 0 aliphatic rings. The van der Waals surface area contributed by atoms with E-state index in [9.17, 15) is 0 Å². The second-order valence-electron chi connectivity index (χ2n) is 2.87. The lowest BCUT2D eigenvalue weighted by molar-refractivity contribution is 0.415. The Hall–Kier alpha value is -1.84. The summed E-state index contributed by atoms with van der Waals surface area (Å²) >= 11 is 0. The fourth-order valence-electron chi connectivity index (χ4n) is 1.25. The van der Waals surface area contributed by atoms with Crippen molar-refractivity contribution in [3.8, 4) is 5.75 Å². The van der Waals surface area contributed by atoms with Gasteiger partial charge in [0.05, 0.1) is 12.6 Å². The standard InChI is InChI=1S/C10H11N3O/c1-11-10-12-6-7-3-4-8(14-2)5-9(7)13-10/h3-6H,1-2H3,(H,11,12,13). The molecule has 0 atom stereocenters. The molecule has 2 aromatic rings. The number of ether oxygens (including phenoxy) is 1. The second-order valence-corrected chi connectivity index (χ2v) is 2.87. The maximum Gasteiger partial charge on any atom is 0.222 e. The lowest BCUT2D eigenvalue weighted by Gasteiger charge is -2.03. The molecule has 0 amide bonds. The van der Waals surface area contributed by atoms with Crippen molar-refractivity contribution < 1.29 is 4.74 Å². The number of benzene rings is 1. The third-order valence-corrected chi connectivity index (χ3v) is 2.01. The zero-order chi connectivity index (χ0) is 9.97. The fraction of sp³-hybridized carbons (Fsp3) is 0.200. The number of rotatable bonds is 2. The minimum Gasteiger partial charge on any atom is -0.497 e. The SMILES string of the molecule is CNc1ncc2ccc(OC)cc2n1. The van der Waals surface area contributed by atoms with Gasteiger partial charge in [-0.1, -0.05) is 0 Å². The Balaban J connectivity index is 2.60. The molecule has 0 aliphatic carbocycles. The Kier molecular flexibility index (Phi) is 2.18.